The highest BCUT2D eigenvalue weighted by Gasteiger charge is 2.52. The van der Waals surface area contributed by atoms with Crippen molar-refractivity contribution in [3.8, 4) is 5.75 Å². The molecule has 0 aliphatic carbocycles. The van der Waals surface area contributed by atoms with Crippen LogP contribution in [0.3, 0.4) is 0 Å². The maximum Gasteiger partial charge on any atom is 0.491 e. The molecule has 0 unspecified atom stereocenters. The second kappa shape index (κ2) is 8.08. The number of carbonyl (C=O) groups is 2. The van der Waals surface area contributed by atoms with Gasteiger partial charge in [-0.25, -0.2) is 4.79 Å². The molecule has 2 rings (SSSR count). The average molecular weight is 392 g/mol. The summed E-state index contributed by atoms with van der Waals surface area (Å²) in [6, 6.07) is 4.89. The smallest absolute Gasteiger partial charge is 0.491 e. The summed E-state index contributed by atoms with van der Waals surface area (Å²) in [6.07, 6.45) is 1.78. The van der Waals surface area contributed by atoms with Crippen LogP contribution in [0.2, 0.25) is 0 Å². The number of aromatic carboxylic acids is 1. The standard InChI is InChI=1S/C19H25BO6S/c1-12(21)27-11-14(20-25-18(2,3)19(4,5)26-20)10-13-8-7-9-15(17(22)23)16(13)24-6/h7-10H,11H2,1-6H3,(H,22,23). The Hall–Kier alpha value is -1.77. The first-order valence-electron chi connectivity index (χ1n) is 8.58. The third kappa shape index (κ3) is 4.75. The fraction of sp³-hybridized carbons (Fsp3) is 0.474. The summed E-state index contributed by atoms with van der Waals surface area (Å²) >= 11 is 1.15. The molecule has 1 aromatic rings. The van der Waals surface area contributed by atoms with Crippen molar-refractivity contribution in [2.75, 3.05) is 12.9 Å². The van der Waals surface area contributed by atoms with Gasteiger partial charge >= 0.3 is 13.1 Å². The molecule has 0 amide bonds. The van der Waals surface area contributed by atoms with Crippen molar-refractivity contribution in [3.05, 3.63) is 34.8 Å². The molecule has 0 aromatic heterocycles. The molecule has 1 N–H and O–H groups in total. The first-order valence-corrected chi connectivity index (χ1v) is 9.57. The lowest BCUT2D eigenvalue weighted by Crippen LogP contribution is -2.41. The zero-order chi connectivity index (χ0) is 20.4. The number of carboxylic acid groups (broad SMARTS) is 1. The van der Waals surface area contributed by atoms with Crippen molar-refractivity contribution in [3.63, 3.8) is 0 Å². The maximum atomic E-state index is 11.5. The first kappa shape index (κ1) is 21.5. The van der Waals surface area contributed by atoms with Gasteiger partial charge in [-0.15, -0.1) is 0 Å². The van der Waals surface area contributed by atoms with Gasteiger partial charge in [0.05, 0.1) is 18.3 Å². The number of carboxylic acids is 1. The average Bonchev–Trinajstić information content (AvgIpc) is 2.78. The lowest BCUT2D eigenvalue weighted by molar-refractivity contribution is -0.109. The minimum absolute atomic E-state index is 0.0244. The van der Waals surface area contributed by atoms with Gasteiger partial charge in [0.15, 0.2) is 5.12 Å². The van der Waals surface area contributed by atoms with E-state index in [9.17, 15) is 14.7 Å². The zero-order valence-electron chi connectivity index (χ0n) is 16.5. The number of thioether (sulfide) groups is 1. The molecule has 27 heavy (non-hydrogen) atoms. The van der Waals surface area contributed by atoms with Crippen LogP contribution < -0.4 is 4.74 Å². The van der Waals surface area contributed by atoms with Crippen LogP contribution in [-0.2, 0) is 14.1 Å². The number of hydrogen-bond acceptors (Lipinski definition) is 6. The molecule has 0 spiro atoms. The van der Waals surface area contributed by atoms with Crippen LogP contribution in [0.5, 0.6) is 5.75 Å². The fourth-order valence-electron chi connectivity index (χ4n) is 2.62. The monoisotopic (exact) mass is 392 g/mol. The number of methoxy groups -OCH3 is 1. The van der Waals surface area contributed by atoms with E-state index in [1.165, 1.54) is 20.1 Å². The summed E-state index contributed by atoms with van der Waals surface area (Å²) in [5.41, 5.74) is 0.342. The molecule has 0 atom stereocenters. The van der Waals surface area contributed by atoms with Crippen LogP contribution in [0.4, 0.5) is 0 Å². The van der Waals surface area contributed by atoms with Gasteiger partial charge in [-0.05, 0) is 39.2 Å². The van der Waals surface area contributed by atoms with Crippen LogP contribution in [-0.4, -0.2) is 47.4 Å². The van der Waals surface area contributed by atoms with E-state index in [1.54, 1.807) is 18.2 Å². The van der Waals surface area contributed by atoms with Gasteiger partial charge in [0.2, 0.25) is 0 Å². The Balaban J connectivity index is 2.48. The number of hydrogen-bond donors (Lipinski definition) is 1. The van der Waals surface area contributed by atoms with E-state index in [2.05, 4.69) is 0 Å². The Bertz CT molecular complexity index is 755. The van der Waals surface area contributed by atoms with Crippen molar-refractivity contribution < 1.29 is 28.7 Å². The largest absolute Gasteiger partial charge is 0.495 e. The molecule has 1 fully saturated rings. The molecule has 6 nitrogen and oxygen atoms in total. The minimum Gasteiger partial charge on any atom is -0.495 e. The summed E-state index contributed by atoms with van der Waals surface area (Å²) in [5, 5.41) is 9.36. The molecule has 146 valence electrons. The molecule has 1 heterocycles. The molecule has 1 aromatic carbocycles. The van der Waals surface area contributed by atoms with Crippen molar-refractivity contribution in [1.29, 1.82) is 0 Å². The third-order valence-electron chi connectivity index (χ3n) is 4.82. The number of rotatable bonds is 6. The molecule has 0 radical (unpaired) electrons. The van der Waals surface area contributed by atoms with E-state index in [1.807, 2.05) is 27.7 Å². The van der Waals surface area contributed by atoms with Gasteiger partial charge in [0, 0.05) is 18.2 Å². The number of ether oxygens (including phenoxy) is 1. The number of benzene rings is 1. The SMILES string of the molecule is COc1c(C=C(CSC(C)=O)B2OC(C)(C)C(C)(C)O2)cccc1C(=O)O. The lowest BCUT2D eigenvalue weighted by atomic mass is 9.78. The summed E-state index contributed by atoms with van der Waals surface area (Å²) in [7, 11) is 0.790. The molecule has 8 heteroatoms. The Morgan fingerprint density at radius 2 is 1.81 bits per heavy atom. The Morgan fingerprint density at radius 3 is 2.30 bits per heavy atom. The fourth-order valence-corrected chi connectivity index (χ4v) is 3.21. The van der Waals surface area contributed by atoms with Gasteiger partial charge < -0.3 is 19.2 Å². The molecular formula is C19H25BO6S. The van der Waals surface area contributed by atoms with Crippen LogP contribution in [0, 0.1) is 0 Å². The van der Waals surface area contributed by atoms with Crippen LogP contribution in [0.25, 0.3) is 6.08 Å². The Morgan fingerprint density at radius 1 is 1.22 bits per heavy atom. The molecule has 1 aliphatic rings. The van der Waals surface area contributed by atoms with Gasteiger partial charge in [0.25, 0.3) is 0 Å². The number of carbonyl (C=O) groups excluding carboxylic acids is 1. The van der Waals surface area contributed by atoms with E-state index >= 15 is 0 Å². The summed E-state index contributed by atoms with van der Waals surface area (Å²) in [4.78, 5) is 22.9. The van der Waals surface area contributed by atoms with E-state index in [0.29, 0.717) is 11.3 Å². The quantitative estimate of drug-likeness (QED) is 0.740. The van der Waals surface area contributed by atoms with E-state index in [-0.39, 0.29) is 16.4 Å². The lowest BCUT2D eigenvalue weighted by Gasteiger charge is -2.32. The topological polar surface area (TPSA) is 82.1 Å². The second-order valence-electron chi connectivity index (χ2n) is 7.32. The zero-order valence-corrected chi connectivity index (χ0v) is 17.3. The predicted octanol–water partition coefficient (Wildman–Crippen LogP) is 3.69. The van der Waals surface area contributed by atoms with E-state index in [4.69, 9.17) is 14.0 Å². The Kier molecular flexibility index (Phi) is 6.45. The second-order valence-corrected chi connectivity index (χ2v) is 8.47. The summed E-state index contributed by atoms with van der Waals surface area (Å²) < 4.78 is 17.5. The third-order valence-corrected chi connectivity index (χ3v) is 5.70. The predicted molar refractivity (Wildman–Crippen MR) is 107 cm³/mol. The van der Waals surface area contributed by atoms with Gasteiger partial charge in [-0.3, -0.25) is 4.79 Å². The van der Waals surface area contributed by atoms with Gasteiger partial charge in [0.1, 0.15) is 11.3 Å². The van der Waals surface area contributed by atoms with Crippen molar-refractivity contribution in [1.82, 2.24) is 0 Å². The van der Waals surface area contributed by atoms with Crippen molar-refractivity contribution in [2.45, 2.75) is 45.8 Å². The highest BCUT2D eigenvalue weighted by atomic mass is 32.2. The van der Waals surface area contributed by atoms with Gasteiger partial charge in [-0.1, -0.05) is 30.0 Å². The molecule has 0 saturated carbocycles. The Labute approximate surface area is 164 Å². The van der Waals surface area contributed by atoms with Gasteiger partial charge in [-0.2, -0.15) is 0 Å². The molecule has 1 saturated heterocycles. The molecule has 0 bridgehead atoms. The van der Waals surface area contributed by atoms with Crippen molar-refractivity contribution in [2.24, 2.45) is 0 Å². The summed E-state index contributed by atoms with van der Waals surface area (Å²) in [6.45, 7) is 9.31. The molecular weight excluding hydrogens is 367 g/mol. The normalized spacial score (nSPS) is 18.4. The van der Waals surface area contributed by atoms with E-state index in [0.717, 1.165) is 17.2 Å². The molecule has 1 aliphatic heterocycles. The van der Waals surface area contributed by atoms with Crippen molar-refractivity contribution >= 4 is 36.0 Å². The highest BCUT2D eigenvalue weighted by Crippen LogP contribution is 2.40. The first-order chi connectivity index (χ1) is 12.5. The number of para-hydroxylation sites is 1. The van der Waals surface area contributed by atoms with Crippen LogP contribution in [0.1, 0.15) is 50.5 Å². The van der Waals surface area contributed by atoms with E-state index < -0.39 is 24.3 Å². The highest BCUT2D eigenvalue weighted by molar-refractivity contribution is 8.13. The van der Waals surface area contributed by atoms with Crippen LogP contribution in [0.15, 0.2) is 23.7 Å². The summed E-state index contributed by atoms with van der Waals surface area (Å²) in [5.74, 6) is -0.448. The van der Waals surface area contributed by atoms with Crippen LogP contribution >= 0.6 is 11.8 Å². The maximum absolute atomic E-state index is 11.5. The minimum atomic E-state index is -1.07.